The van der Waals surface area contributed by atoms with Crippen molar-refractivity contribution in [3.63, 3.8) is 0 Å². The van der Waals surface area contributed by atoms with Crippen molar-refractivity contribution in [1.29, 1.82) is 0 Å². The van der Waals surface area contributed by atoms with Gasteiger partial charge in [-0.25, -0.2) is 0 Å². The minimum Gasteiger partial charge on any atom is -0.458 e. The third-order valence-electron chi connectivity index (χ3n) is 2.96. The van der Waals surface area contributed by atoms with Gasteiger partial charge in [0.05, 0.1) is 0 Å². The number of hydrogen-bond acceptors (Lipinski definition) is 3. The molecule has 0 amide bonds. The van der Waals surface area contributed by atoms with Crippen LogP contribution in [0.2, 0.25) is 0 Å². The molecule has 16 heavy (non-hydrogen) atoms. The van der Waals surface area contributed by atoms with Crippen molar-refractivity contribution >= 4 is 5.97 Å². The quantitative estimate of drug-likeness (QED) is 0.514. The van der Waals surface area contributed by atoms with Gasteiger partial charge in [0.25, 0.3) is 0 Å². The van der Waals surface area contributed by atoms with Gasteiger partial charge in [0.2, 0.25) is 0 Å². The first-order chi connectivity index (χ1) is 7.40. The van der Waals surface area contributed by atoms with Crippen molar-refractivity contribution in [2.45, 2.75) is 77.9 Å². The van der Waals surface area contributed by atoms with Crippen LogP contribution in [-0.2, 0) is 9.53 Å². The van der Waals surface area contributed by atoms with E-state index in [9.17, 15) is 4.79 Å². The summed E-state index contributed by atoms with van der Waals surface area (Å²) in [5, 5.41) is 0. The molecule has 0 fully saturated rings. The standard InChI is InChI=1S/C13H27NO2/c1-5-6-7-8-9-10-12(15)16-13(3,4)11(2)14/h11H,5-10,14H2,1-4H3. The van der Waals surface area contributed by atoms with Crippen LogP contribution in [-0.4, -0.2) is 17.6 Å². The molecular formula is C13H27NO2. The summed E-state index contributed by atoms with van der Waals surface area (Å²) in [4.78, 5) is 11.5. The molecule has 0 bridgehead atoms. The fourth-order valence-corrected chi connectivity index (χ4v) is 1.31. The van der Waals surface area contributed by atoms with Crippen LogP contribution in [0.4, 0.5) is 0 Å². The molecule has 0 saturated carbocycles. The third-order valence-corrected chi connectivity index (χ3v) is 2.96. The third kappa shape index (κ3) is 6.83. The topological polar surface area (TPSA) is 52.3 Å². The lowest BCUT2D eigenvalue weighted by Crippen LogP contribution is -2.44. The van der Waals surface area contributed by atoms with Crippen LogP contribution in [0.5, 0.6) is 0 Å². The SMILES string of the molecule is CCCCCCCC(=O)OC(C)(C)C(C)N. The van der Waals surface area contributed by atoms with E-state index in [0.29, 0.717) is 6.42 Å². The van der Waals surface area contributed by atoms with E-state index < -0.39 is 5.60 Å². The average molecular weight is 229 g/mol. The van der Waals surface area contributed by atoms with E-state index in [-0.39, 0.29) is 12.0 Å². The molecule has 96 valence electrons. The van der Waals surface area contributed by atoms with Gasteiger partial charge in [0, 0.05) is 12.5 Å². The molecule has 2 N–H and O–H groups in total. The Hall–Kier alpha value is -0.570. The summed E-state index contributed by atoms with van der Waals surface area (Å²) in [5.74, 6) is -0.126. The molecule has 0 aromatic heterocycles. The van der Waals surface area contributed by atoms with Crippen LogP contribution in [0.1, 0.15) is 66.2 Å². The Labute approximate surface area is 99.7 Å². The largest absolute Gasteiger partial charge is 0.458 e. The van der Waals surface area contributed by atoms with E-state index in [1.54, 1.807) is 0 Å². The maximum Gasteiger partial charge on any atom is 0.306 e. The Bertz CT molecular complexity index is 200. The summed E-state index contributed by atoms with van der Waals surface area (Å²) in [7, 11) is 0. The van der Waals surface area contributed by atoms with Gasteiger partial charge in [0.1, 0.15) is 5.60 Å². The number of hydrogen-bond donors (Lipinski definition) is 1. The molecule has 0 aliphatic carbocycles. The second-order valence-electron chi connectivity index (χ2n) is 5.03. The van der Waals surface area contributed by atoms with Crippen LogP contribution in [0.25, 0.3) is 0 Å². The summed E-state index contributed by atoms with van der Waals surface area (Å²) in [6, 6.07) is -0.142. The number of ether oxygens (including phenoxy) is 1. The summed E-state index contributed by atoms with van der Waals surface area (Å²) >= 11 is 0. The molecule has 0 aliphatic heterocycles. The predicted octanol–water partition coefficient (Wildman–Crippen LogP) is 3.02. The van der Waals surface area contributed by atoms with Gasteiger partial charge in [-0.15, -0.1) is 0 Å². The smallest absolute Gasteiger partial charge is 0.306 e. The van der Waals surface area contributed by atoms with Gasteiger partial charge in [-0.3, -0.25) is 4.79 Å². The number of carbonyl (C=O) groups is 1. The van der Waals surface area contributed by atoms with Crippen LogP contribution in [0.3, 0.4) is 0 Å². The van der Waals surface area contributed by atoms with E-state index in [4.69, 9.17) is 10.5 Å². The van der Waals surface area contributed by atoms with Crippen molar-refractivity contribution < 1.29 is 9.53 Å². The monoisotopic (exact) mass is 229 g/mol. The number of esters is 1. The first-order valence-electron chi connectivity index (χ1n) is 6.37. The van der Waals surface area contributed by atoms with Crippen LogP contribution in [0, 0.1) is 0 Å². The van der Waals surface area contributed by atoms with Crippen molar-refractivity contribution in [3.05, 3.63) is 0 Å². The zero-order chi connectivity index (χ0) is 12.6. The zero-order valence-corrected chi connectivity index (χ0v) is 11.2. The number of unbranched alkanes of at least 4 members (excludes halogenated alkanes) is 4. The van der Waals surface area contributed by atoms with Gasteiger partial charge >= 0.3 is 5.97 Å². The Morgan fingerprint density at radius 1 is 1.25 bits per heavy atom. The predicted molar refractivity (Wildman–Crippen MR) is 67.2 cm³/mol. The molecule has 3 heteroatoms. The first-order valence-corrected chi connectivity index (χ1v) is 6.37. The maximum atomic E-state index is 11.5. The highest BCUT2D eigenvalue weighted by molar-refractivity contribution is 5.69. The Balaban J connectivity index is 3.66. The van der Waals surface area contributed by atoms with Crippen LogP contribution < -0.4 is 5.73 Å². The van der Waals surface area contributed by atoms with E-state index in [0.717, 1.165) is 12.8 Å². The molecule has 0 rings (SSSR count). The first kappa shape index (κ1) is 15.4. The van der Waals surface area contributed by atoms with E-state index in [2.05, 4.69) is 6.92 Å². The highest BCUT2D eigenvalue weighted by Crippen LogP contribution is 2.15. The van der Waals surface area contributed by atoms with Crippen molar-refractivity contribution in [2.24, 2.45) is 5.73 Å². The van der Waals surface area contributed by atoms with E-state index in [1.165, 1.54) is 19.3 Å². The molecule has 0 radical (unpaired) electrons. The zero-order valence-electron chi connectivity index (χ0n) is 11.2. The summed E-state index contributed by atoms with van der Waals surface area (Å²) < 4.78 is 5.34. The van der Waals surface area contributed by atoms with Crippen molar-refractivity contribution in [3.8, 4) is 0 Å². The molecule has 0 aromatic rings. The number of rotatable bonds is 8. The summed E-state index contributed by atoms with van der Waals surface area (Å²) in [6.07, 6.45) is 6.23. The Morgan fingerprint density at radius 3 is 2.31 bits per heavy atom. The maximum absolute atomic E-state index is 11.5. The summed E-state index contributed by atoms with van der Waals surface area (Å²) in [6.45, 7) is 7.74. The summed E-state index contributed by atoms with van der Waals surface area (Å²) in [5.41, 5.74) is 5.18. The molecule has 3 nitrogen and oxygen atoms in total. The second-order valence-corrected chi connectivity index (χ2v) is 5.03. The minimum absolute atomic E-state index is 0.126. The van der Waals surface area contributed by atoms with Gasteiger partial charge < -0.3 is 10.5 Å². The normalized spacial score (nSPS) is 13.6. The molecule has 1 atom stereocenters. The highest BCUT2D eigenvalue weighted by atomic mass is 16.6. The molecule has 0 saturated heterocycles. The lowest BCUT2D eigenvalue weighted by atomic mass is 10.0. The molecule has 0 spiro atoms. The van der Waals surface area contributed by atoms with Gasteiger partial charge in [0.15, 0.2) is 0 Å². The Kier molecular flexibility index (Phi) is 7.39. The highest BCUT2D eigenvalue weighted by Gasteiger charge is 2.26. The van der Waals surface area contributed by atoms with Crippen molar-refractivity contribution in [1.82, 2.24) is 0 Å². The second kappa shape index (κ2) is 7.66. The Morgan fingerprint density at radius 2 is 1.81 bits per heavy atom. The van der Waals surface area contributed by atoms with Crippen LogP contribution in [0.15, 0.2) is 0 Å². The lowest BCUT2D eigenvalue weighted by Gasteiger charge is -2.28. The van der Waals surface area contributed by atoms with Crippen molar-refractivity contribution in [2.75, 3.05) is 0 Å². The molecule has 0 aliphatic rings. The van der Waals surface area contributed by atoms with E-state index >= 15 is 0 Å². The average Bonchev–Trinajstić information content (AvgIpc) is 2.16. The molecule has 0 aromatic carbocycles. The fraction of sp³-hybridized carbons (Fsp3) is 0.923. The van der Waals surface area contributed by atoms with E-state index in [1.807, 2.05) is 20.8 Å². The molecular weight excluding hydrogens is 202 g/mol. The number of nitrogens with two attached hydrogens (primary N) is 1. The van der Waals surface area contributed by atoms with Gasteiger partial charge in [-0.2, -0.15) is 0 Å². The molecule has 0 heterocycles. The minimum atomic E-state index is -0.555. The molecule has 1 unspecified atom stereocenters. The van der Waals surface area contributed by atoms with Gasteiger partial charge in [-0.1, -0.05) is 32.6 Å². The van der Waals surface area contributed by atoms with Gasteiger partial charge in [-0.05, 0) is 27.2 Å². The lowest BCUT2D eigenvalue weighted by molar-refractivity contribution is -0.158. The number of carbonyl (C=O) groups excluding carboxylic acids is 1. The van der Waals surface area contributed by atoms with Crippen LogP contribution >= 0.6 is 0 Å². The fourth-order valence-electron chi connectivity index (χ4n) is 1.31.